The fraction of sp³-hybridized carbons (Fsp3) is 0.258. The van der Waals surface area contributed by atoms with Gasteiger partial charge in [0, 0.05) is 41.3 Å². The number of fused-ring (bicyclic) bond motifs is 1. The van der Waals surface area contributed by atoms with Gasteiger partial charge in [-0.2, -0.15) is 0 Å². The van der Waals surface area contributed by atoms with Crippen LogP contribution in [-0.2, 0) is 20.8 Å². The molecule has 3 N–H and O–H groups in total. The first-order valence-corrected chi connectivity index (χ1v) is 13.9. The normalized spacial score (nSPS) is 13.6. The number of carbonyl (C=O) groups is 3. The van der Waals surface area contributed by atoms with Crippen molar-refractivity contribution in [1.82, 2.24) is 4.90 Å². The van der Waals surface area contributed by atoms with Gasteiger partial charge in [0.25, 0.3) is 5.91 Å². The van der Waals surface area contributed by atoms with Gasteiger partial charge in [0.15, 0.2) is 0 Å². The zero-order valence-corrected chi connectivity index (χ0v) is 24.4. The van der Waals surface area contributed by atoms with E-state index in [-0.39, 0.29) is 18.2 Å². The highest BCUT2D eigenvalue weighted by Crippen LogP contribution is 2.39. The number of amides is 2. The number of carboxylic acid groups (broad SMARTS) is 1. The molecule has 0 radical (unpaired) electrons. The predicted octanol–water partition coefficient (Wildman–Crippen LogP) is 5.70. The molecular weight excluding hydrogens is 572 g/mol. The lowest BCUT2D eigenvalue weighted by Crippen LogP contribution is -2.31. The quantitative estimate of drug-likeness (QED) is 0.243. The highest BCUT2D eigenvalue weighted by atomic mass is 79.9. The van der Waals surface area contributed by atoms with Crippen LogP contribution in [0.1, 0.15) is 36.5 Å². The molecular formula is C31H33BrN4O4. The largest absolute Gasteiger partial charge is 0.481 e. The van der Waals surface area contributed by atoms with Crippen molar-refractivity contribution in [2.75, 3.05) is 42.7 Å². The van der Waals surface area contributed by atoms with E-state index in [4.69, 9.17) is 5.11 Å². The number of carboxylic acids is 1. The number of halogens is 1. The van der Waals surface area contributed by atoms with Crippen LogP contribution in [0.5, 0.6) is 0 Å². The summed E-state index contributed by atoms with van der Waals surface area (Å²) in [5.74, 6) is -1.08. The number of hydrogen-bond acceptors (Lipinski definition) is 5. The first kappa shape index (κ1) is 29.0. The third kappa shape index (κ3) is 7.16. The molecule has 2 amide bonds. The Morgan fingerprint density at radius 2 is 1.68 bits per heavy atom. The number of rotatable bonds is 11. The lowest BCUT2D eigenvalue weighted by Gasteiger charge is -2.23. The van der Waals surface area contributed by atoms with Crippen molar-refractivity contribution in [2.24, 2.45) is 0 Å². The fourth-order valence-corrected chi connectivity index (χ4v) is 5.01. The summed E-state index contributed by atoms with van der Waals surface area (Å²) in [4.78, 5) is 40.4. The number of benzene rings is 3. The summed E-state index contributed by atoms with van der Waals surface area (Å²) in [6, 6.07) is 20.8. The van der Waals surface area contributed by atoms with Crippen LogP contribution < -0.4 is 15.5 Å². The maximum Gasteiger partial charge on any atom is 0.303 e. The Bertz CT molecular complexity index is 1430. The molecule has 208 valence electrons. The number of hydrogen-bond donors (Lipinski definition) is 3. The van der Waals surface area contributed by atoms with Crippen LogP contribution in [0.3, 0.4) is 0 Å². The number of carbonyl (C=O) groups excluding carboxylic acids is 2. The van der Waals surface area contributed by atoms with Crippen LogP contribution in [0.15, 0.2) is 71.2 Å². The van der Waals surface area contributed by atoms with Crippen LogP contribution in [0.25, 0.3) is 11.3 Å². The van der Waals surface area contributed by atoms with Crippen molar-refractivity contribution in [3.05, 3.63) is 87.9 Å². The molecule has 1 aliphatic heterocycles. The van der Waals surface area contributed by atoms with E-state index in [0.29, 0.717) is 24.2 Å². The van der Waals surface area contributed by atoms with Crippen LogP contribution >= 0.6 is 15.9 Å². The van der Waals surface area contributed by atoms with Crippen molar-refractivity contribution < 1.29 is 19.5 Å². The van der Waals surface area contributed by atoms with E-state index < -0.39 is 5.97 Å². The summed E-state index contributed by atoms with van der Waals surface area (Å²) < 4.78 is 0.862. The highest BCUT2D eigenvalue weighted by Gasteiger charge is 2.28. The molecule has 0 bridgehead atoms. The van der Waals surface area contributed by atoms with Gasteiger partial charge in [-0.25, -0.2) is 0 Å². The van der Waals surface area contributed by atoms with Crippen molar-refractivity contribution in [1.29, 1.82) is 0 Å². The molecule has 0 atom stereocenters. The average Bonchev–Trinajstić information content (AvgIpc) is 3.23. The average molecular weight is 606 g/mol. The SMILES string of the molecule is CC(=O)N(CCCN(C)C)c1ccc(NC(=C2C(=O)Nc3cc(Br)ccc32)c2ccc(CCC(=O)O)cc2)cc1. The van der Waals surface area contributed by atoms with E-state index in [1.54, 1.807) is 11.8 Å². The minimum Gasteiger partial charge on any atom is -0.481 e. The molecule has 0 aromatic heterocycles. The summed E-state index contributed by atoms with van der Waals surface area (Å²) in [5.41, 5.74) is 5.91. The third-order valence-electron chi connectivity index (χ3n) is 6.66. The van der Waals surface area contributed by atoms with E-state index in [1.807, 2.05) is 80.8 Å². The molecule has 40 heavy (non-hydrogen) atoms. The lowest BCUT2D eigenvalue weighted by molar-refractivity contribution is -0.137. The Labute approximate surface area is 242 Å². The Kier molecular flexibility index (Phi) is 9.39. The maximum atomic E-state index is 13.2. The second-order valence-electron chi connectivity index (χ2n) is 9.98. The summed E-state index contributed by atoms with van der Waals surface area (Å²) in [5, 5.41) is 15.4. The highest BCUT2D eigenvalue weighted by molar-refractivity contribution is 9.10. The summed E-state index contributed by atoms with van der Waals surface area (Å²) in [6.45, 7) is 3.07. The van der Waals surface area contributed by atoms with E-state index in [2.05, 4.69) is 31.5 Å². The van der Waals surface area contributed by atoms with Gasteiger partial charge >= 0.3 is 5.97 Å². The van der Waals surface area contributed by atoms with Gasteiger partial charge in [0.2, 0.25) is 5.91 Å². The van der Waals surface area contributed by atoms with Crippen LogP contribution in [0, 0.1) is 0 Å². The second kappa shape index (κ2) is 12.9. The molecule has 0 unspecified atom stereocenters. The summed E-state index contributed by atoms with van der Waals surface area (Å²) in [6.07, 6.45) is 1.33. The number of nitrogens with one attached hydrogen (secondary N) is 2. The van der Waals surface area contributed by atoms with Crippen LogP contribution in [0.4, 0.5) is 17.1 Å². The number of aryl methyl sites for hydroxylation is 1. The Morgan fingerprint density at radius 1 is 0.975 bits per heavy atom. The molecule has 4 rings (SSSR count). The van der Waals surface area contributed by atoms with Gasteiger partial charge in [-0.3, -0.25) is 14.4 Å². The monoisotopic (exact) mass is 604 g/mol. The van der Waals surface area contributed by atoms with Crippen LogP contribution in [0.2, 0.25) is 0 Å². The van der Waals surface area contributed by atoms with Crippen molar-refractivity contribution in [3.63, 3.8) is 0 Å². The minimum absolute atomic E-state index is 0.0179. The van der Waals surface area contributed by atoms with Gasteiger partial charge < -0.3 is 25.5 Å². The maximum absolute atomic E-state index is 13.2. The molecule has 0 aliphatic carbocycles. The molecule has 3 aromatic rings. The van der Waals surface area contributed by atoms with Gasteiger partial charge in [-0.1, -0.05) is 46.3 Å². The van der Waals surface area contributed by atoms with Crippen molar-refractivity contribution in [2.45, 2.75) is 26.2 Å². The third-order valence-corrected chi connectivity index (χ3v) is 7.16. The van der Waals surface area contributed by atoms with E-state index >= 15 is 0 Å². The zero-order chi connectivity index (χ0) is 28.8. The summed E-state index contributed by atoms with van der Waals surface area (Å²) in [7, 11) is 4.02. The number of anilines is 3. The fourth-order valence-electron chi connectivity index (χ4n) is 4.64. The van der Waals surface area contributed by atoms with E-state index in [9.17, 15) is 14.4 Å². The molecule has 1 aliphatic rings. The van der Waals surface area contributed by atoms with Gasteiger partial charge in [-0.15, -0.1) is 0 Å². The Hall–Kier alpha value is -3.95. The minimum atomic E-state index is -0.844. The molecule has 1 heterocycles. The standard InChI is InChI=1S/C31H33BrN4O4/c1-20(37)36(18-4-17-35(2)3)25-13-11-24(12-14-25)33-30(22-8-5-21(6-9-22)7-16-28(38)39)29-26-15-10-23(32)19-27(26)34-31(29)40/h5-6,8-15,19,33H,4,7,16-18H2,1-3H3,(H,34,40)(H,38,39). The summed E-state index contributed by atoms with van der Waals surface area (Å²) >= 11 is 3.47. The van der Waals surface area contributed by atoms with E-state index in [0.717, 1.165) is 51.2 Å². The smallest absolute Gasteiger partial charge is 0.303 e. The molecule has 0 fully saturated rings. The first-order valence-electron chi connectivity index (χ1n) is 13.1. The molecule has 8 nitrogen and oxygen atoms in total. The van der Waals surface area contributed by atoms with Gasteiger partial charge in [0.05, 0.1) is 17.0 Å². The second-order valence-corrected chi connectivity index (χ2v) is 10.9. The number of nitrogens with zero attached hydrogens (tertiary/aromatic N) is 2. The van der Waals surface area contributed by atoms with Crippen molar-refractivity contribution in [3.8, 4) is 0 Å². The first-order chi connectivity index (χ1) is 19.1. The topological polar surface area (TPSA) is 102 Å². The van der Waals surface area contributed by atoms with Crippen molar-refractivity contribution >= 4 is 62.0 Å². The molecule has 0 saturated carbocycles. The predicted molar refractivity (Wildman–Crippen MR) is 163 cm³/mol. The molecule has 3 aromatic carbocycles. The van der Waals surface area contributed by atoms with Gasteiger partial charge in [0.1, 0.15) is 0 Å². The number of aliphatic carboxylic acids is 1. The zero-order valence-electron chi connectivity index (χ0n) is 22.8. The molecule has 9 heteroatoms. The molecule has 0 saturated heterocycles. The van der Waals surface area contributed by atoms with E-state index in [1.165, 1.54) is 0 Å². The molecule has 0 spiro atoms. The Balaban J connectivity index is 1.68. The Morgan fingerprint density at radius 3 is 2.30 bits per heavy atom. The van der Waals surface area contributed by atoms with Crippen LogP contribution in [-0.4, -0.2) is 55.0 Å². The van der Waals surface area contributed by atoms with Gasteiger partial charge in [-0.05, 0) is 81.0 Å². The lowest BCUT2D eigenvalue weighted by atomic mass is 9.98.